The van der Waals surface area contributed by atoms with Gasteiger partial charge in [0.25, 0.3) is 5.91 Å². The number of carboxylic acid groups (broad SMARTS) is 1. The van der Waals surface area contributed by atoms with Gasteiger partial charge >= 0.3 is 5.97 Å². The Balaban J connectivity index is 1.63. The molecule has 3 aromatic carbocycles. The quantitative estimate of drug-likeness (QED) is 0.509. The van der Waals surface area contributed by atoms with Gasteiger partial charge in [0.2, 0.25) is 0 Å². The van der Waals surface area contributed by atoms with Gasteiger partial charge in [0.15, 0.2) is 0 Å². The Labute approximate surface area is 187 Å². The number of carboxylic acids is 1. The van der Waals surface area contributed by atoms with Gasteiger partial charge in [-0.15, -0.1) is 0 Å². The zero-order valence-corrected chi connectivity index (χ0v) is 18.3. The van der Waals surface area contributed by atoms with Crippen LogP contribution < -0.4 is 14.8 Å². The zero-order chi connectivity index (χ0) is 23.1. The van der Waals surface area contributed by atoms with Crippen LogP contribution in [0, 0.1) is 6.92 Å². The molecule has 0 aliphatic rings. The fourth-order valence-corrected chi connectivity index (χ4v) is 2.97. The lowest BCUT2D eigenvalue weighted by molar-refractivity contribution is 0.0698. The van der Waals surface area contributed by atoms with Crippen LogP contribution in [0.3, 0.4) is 0 Å². The van der Waals surface area contributed by atoms with E-state index < -0.39 is 11.9 Å². The molecule has 0 saturated heterocycles. The number of hydrogen-bond acceptors (Lipinski definition) is 5. The number of aryl methyl sites for hydroxylation is 1. The lowest BCUT2D eigenvalue weighted by Crippen LogP contribution is -2.19. The average Bonchev–Trinajstić information content (AvgIpc) is 2.76. The Hall–Kier alpha value is -3.84. The van der Waals surface area contributed by atoms with Crippen LogP contribution in [0.5, 0.6) is 17.2 Å². The van der Waals surface area contributed by atoms with Crippen LogP contribution in [0.2, 0.25) is 0 Å². The number of rotatable bonds is 9. The predicted octanol–water partition coefficient (Wildman–Crippen LogP) is 4.68. The van der Waals surface area contributed by atoms with E-state index in [0.717, 1.165) is 17.9 Å². The van der Waals surface area contributed by atoms with Crippen LogP contribution in [-0.4, -0.2) is 49.1 Å². The summed E-state index contributed by atoms with van der Waals surface area (Å²) < 4.78 is 11.7. The van der Waals surface area contributed by atoms with Crippen molar-refractivity contribution in [3.63, 3.8) is 0 Å². The minimum atomic E-state index is -1.10. The van der Waals surface area contributed by atoms with E-state index in [1.54, 1.807) is 42.5 Å². The Bertz CT molecular complexity index is 1090. The molecule has 32 heavy (non-hydrogen) atoms. The number of aromatic carboxylic acids is 1. The second kappa shape index (κ2) is 10.5. The van der Waals surface area contributed by atoms with E-state index in [-0.39, 0.29) is 11.3 Å². The molecule has 166 valence electrons. The smallest absolute Gasteiger partial charge is 0.337 e. The summed E-state index contributed by atoms with van der Waals surface area (Å²) in [6.45, 7) is 3.40. The summed E-state index contributed by atoms with van der Waals surface area (Å²) in [6, 6.07) is 18.5. The molecular weight excluding hydrogens is 408 g/mol. The number of ether oxygens (including phenoxy) is 2. The number of para-hydroxylation sites is 1. The second-order valence-electron chi connectivity index (χ2n) is 7.51. The van der Waals surface area contributed by atoms with E-state index in [4.69, 9.17) is 9.47 Å². The van der Waals surface area contributed by atoms with Gasteiger partial charge in [-0.05, 0) is 81.2 Å². The van der Waals surface area contributed by atoms with Crippen LogP contribution in [0.25, 0.3) is 0 Å². The molecule has 0 aliphatic carbocycles. The molecule has 2 N–H and O–H groups in total. The highest BCUT2D eigenvalue weighted by Gasteiger charge is 2.13. The van der Waals surface area contributed by atoms with Crippen LogP contribution in [0.1, 0.15) is 26.3 Å². The van der Waals surface area contributed by atoms with Crippen molar-refractivity contribution in [2.75, 3.05) is 32.6 Å². The SMILES string of the molecule is Cc1cc(Oc2ccc(C(=O)Nc3ccccc3C(=O)O)cc2)ccc1OCCN(C)C. The van der Waals surface area contributed by atoms with Crippen LogP contribution in [0.15, 0.2) is 66.7 Å². The zero-order valence-electron chi connectivity index (χ0n) is 18.3. The third-order valence-corrected chi connectivity index (χ3v) is 4.70. The number of carbonyl (C=O) groups is 2. The molecule has 0 saturated carbocycles. The molecule has 3 rings (SSSR count). The van der Waals surface area contributed by atoms with Gasteiger partial charge in [-0.25, -0.2) is 4.79 Å². The summed E-state index contributed by atoms with van der Waals surface area (Å²) in [4.78, 5) is 25.9. The standard InChI is InChI=1S/C25H26N2O5/c1-17-16-20(12-13-23(17)31-15-14-27(2)3)32-19-10-8-18(9-11-19)24(28)26-22-7-5-4-6-21(22)25(29)30/h4-13,16H,14-15H2,1-3H3,(H,26,28)(H,29,30). The monoisotopic (exact) mass is 434 g/mol. The van der Waals surface area contributed by atoms with Crippen molar-refractivity contribution >= 4 is 17.6 Å². The molecule has 1 amide bonds. The van der Waals surface area contributed by atoms with E-state index in [2.05, 4.69) is 10.2 Å². The van der Waals surface area contributed by atoms with Crippen molar-refractivity contribution in [2.24, 2.45) is 0 Å². The molecule has 7 nitrogen and oxygen atoms in total. The largest absolute Gasteiger partial charge is 0.492 e. The summed E-state index contributed by atoms with van der Waals surface area (Å²) in [7, 11) is 3.99. The number of anilines is 1. The maximum absolute atomic E-state index is 12.5. The molecule has 7 heteroatoms. The first-order chi connectivity index (χ1) is 15.3. The number of hydrogen-bond donors (Lipinski definition) is 2. The molecule has 0 atom stereocenters. The first kappa shape index (κ1) is 22.8. The lowest BCUT2D eigenvalue weighted by Gasteiger charge is -2.14. The number of carbonyl (C=O) groups excluding carboxylic acids is 1. The molecule has 0 fully saturated rings. The summed E-state index contributed by atoms with van der Waals surface area (Å²) in [5.74, 6) is 0.547. The van der Waals surface area contributed by atoms with Crippen molar-refractivity contribution in [2.45, 2.75) is 6.92 Å². The Morgan fingerprint density at radius 3 is 2.31 bits per heavy atom. The van der Waals surface area contributed by atoms with Crippen molar-refractivity contribution in [3.8, 4) is 17.2 Å². The Kier molecular flexibility index (Phi) is 7.46. The first-order valence-corrected chi connectivity index (χ1v) is 10.1. The molecule has 0 aromatic heterocycles. The van der Waals surface area contributed by atoms with E-state index in [0.29, 0.717) is 23.7 Å². The molecule has 3 aromatic rings. The van der Waals surface area contributed by atoms with Crippen LogP contribution >= 0.6 is 0 Å². The Morgan fingerprint density at radius 2 is 1.66 bits per heavy atom. The number of benzene rings is 3. The maximum atomic E-state index is 12.5. The van der Waals surface area contributed by atoms with Gasteiger partial charge in [-0.3, -0.25) is 4.79 Å². The molecule has 0 unspecified atom stereocenters. The van der Waals surface area contributed by atoms with Gasteiger partial charge in [-0.2, -0.15) is 0 Å². The molecule has 0 spiro atoms. The van der Waals surface area contributed by atoms with Crippen molar-refractivity contribution in [1.29, 1.82) is 0 Å². The summed E-state index contributed by atoms with van der Waals surface area (Å²) in [6.07, 6.45) is 0. The topological polar surface area (TPSA) is 88.1 Å². The third-order valence-electron chi connectivity index (χ3n) is 4.70. The maximum Gasteiger partial charge on any atom is 0.337 e. The van der Waals surface area contributed by atoms with Gasteiger partial charge in [0, 0.05) is 12.1 Å². The normalized spacial score (nSPS) is 10.6. The Morgan fingerprint density at radius 1 is 0.969 bits per heavy atom. The number of nitrogens with one attached hydrogen (secondary N) is 1. The summed E-state index contributed by atoms with van der Waals surface area (Å²) in [5, 5.41) is 11.9. The number of likely N-dealkylation sites (N-methyl/N-ethyl adjacent to an activating group) is 1. The number of amides is 1. The van der Waals surface area contributed by atoms with Crippen LogP contribution in [0.4, 0.5) is 5.69 Å². The fourth-order valence-electron chi connectivity index (χ4n) is 2.97. The van der Waals surface area contributed by atoms with E-state index >= 15 is 0 Å². The minimum absolute atomic E-state index is 0.0327. The van der Waals surface area contributed by atoms with Gasteiger partial charge < -0.3 is 24.8 Å². The first-order valence-electron chi connectivity index (χ1n) is 10.1. The molecule has 0 bridgehead atoms. The lowest BCUT2D eigenvalue weighted by atomic mass is 10.1. The predicted molar refractivity (Wildman–Crippen MR) is 123 cm³/mol. The fraction of sp³-hybridized carbons (Fsp3) is 0.200. The molecule has 0 radical (unpaired) electrons. The molecule has 0 aliphatic heterocycles. The van der Waals surface area contributed by atoms with Gasteiger partial charge in [0.05, 0.1) is 11.3 Å². The molecule has 0 heterocycles. The van der Waals surface area contributed by atoms with Crippen molar-refractivity contribution in [3.05, 3.63) is 83.4 Å². The van der Waals surface area contributed by atoms with E-state index in [1.807, 2.05) is 39.2 Å². The summed E-state index contributed by atoms with van der Waals surface area (Å²) in [5.41, 5.74) is 1.63. The second-order valence-corrected chi connectivity index (χ2v) is 7.51. The average molecular weight is 434 g/mol. The number of nitrogens with zero attached hydrogens (tertiary/aromatic N) is 1. The highest BCUT2D eigenvalue weighted by atomic mass is 16.5. The van der Waals surface area contributed by atoms with Crippen molar-refractivity contribution in [1.82, 2.24) is 4.90 Å². The third kappa shape index (κ3) is 6.09. The van der Waals surface area contributed by atoms with Crippen LogP contribution in [-0.2, 0) is 0 Å². The van der Waals surface area contributed by atoms with E-state index in [1.165, 1.54) is 6.07 Å². The highest BCUT2D eigenvalue weighted by Crippen LogP contribution is 2.28. The minimum Gasteiger partial charge on any atom is -0.492 e. The van der Waals surface area contributed by atoms with Gasteiger partial charge in [0.1, 0.15) is 23.9 Å². The summed E-state index contributed by atoms with van der Waals surface area (Å²) >= 11 is 0. The van der Waals surface area contributed by atoms with Gasteiger partial charge in [-0.1, -0.05) is 12.1 Å². The highest BCUT2D eigenvalue weighted by molar-refractivity contribution is 6.07. The molecular formula is C25H26N2O5. The van der Waals surface area contributed by atoms with Crippen molar-refractivity contribution < 1.29 is 24.2 Å². The van der Waals surface area contributed by atoms with E-state index in [9.17, 15) is 14.7 Å².